The first-order valence-corrected chi connectivity index (χ1v) is 11.5. The third-order valence-corrected chi connectivity index (χ3v) is 4.36. The van der Waals surface area contributed by atoms with Gasteiger partial charge in [0.1, 0.15) is 6.61 Å². The summed E-state index contributed by atoms with van der Waals surface area (Å²) in [5.74, 6) is 23.0. The number of aliphatic hydroxyl groups excluding tert-OH is 1. The minimum absolute atomic E-state index is 0.269. The molecule has 0 fully saturated rings. The van der Waals surface area contributed by atoms with Crippen molar-refractivity contribution >= 4 is 11.9 Å². The van der Waals surface area contributed by atoms with Gasteiger partial charge in [-0.05, 0) is 60.7 Å². The molecule has 1 atom stereocenters. The molecule has 0 aromatic carbocycles. The summed E-state index contributed by atoms with van der Waals surface area (Å²) < 4.78 is 10.0. The lowest BCUT2D eigenvalue weighted by atomic mass is 10.1. The molecule has 0 aliphatic heterocycles. The van der Waals surface area contributed by atoms with E-state index >= 15 is 0 Å². The van der Waals surface area contributed by atoms with Gasteiger partial charge in [-0.25, -0.2) is 4.79 Å². The summed E-state index contributed by atoms with van der Waals surface area (Å²) >= 11 is 0. The van der Waals surface area contributed by atoms with E-state index in [0.29, 0.717) is 0 Å². The van der Waals surface area contributed by atoms with Gasteiger partial charge in [-0.15, -0.1) is 0 Å². The van der Waals surface area contributed by atoms with Gasteiger partial charge in [-0.2, -0.15) is 0 Å². The standard InChI is InChI=1S/C28H34O5/c1-3-5-7-9-11-13-15-17-19-21-23-28(31)33-26(24-29)25-32-27(30)22-20-18-16-14-12-10-8-6-4-2/h26,29H,3,5,7,9,11,13,15,17,19,21,23-25H2,1-2H3/t26-/m0/s1. The van der Waals surface area contributed by atoms with Gasteiger partial charge in [0, 0.05) is 12.3 Å². The van der Waals surface area contributed by atoms with Crippen molar-refractivity contribution in [2.45, 2.75) is 90.6 Å². The van der Waals surface area contributed by atoms with Crippen LogP contribution in [-0.2, 0) is 19.1 Å². The molecular weight excluding hydrogens is 416 g/mol. The van der Waals surface area contributed by atoms with Crippen molar-refractivity contribution in [3.63, 3.8) is 0 Å². The Balaban J connectivity index is 3.99. The SMILES string of the molecule is CC#CC#CC#CC#CC#CC(=O)OC[C@H](CO)OC(=O)CCCCCCCCCCCC. The third-order valence-electron chi connectivity index (χ3n) is 4.36. The van der Waals surface area contributed by atoms with Crippen LogP contribution in [0.4, 0.5) is 0 Å². The Morgan fingerprint density at radius 1 is 0.758 bits per heavy atom. The molecule has 0 radical (unpaired) electrons. The van der Waals surface area contributed by atoms with Crippen LogP contribution in [0.3, 0.4) is 0 Å². The fraction of sp³-hybridized carbons (Fsp3) is 0.571. The van der Waals surface area contributed by atoms with Crippen molar-refractivity contribution in [1.29, 1.82) is 0 Å². The molecule has 0 heterocycles. The van der Waals surface area contributed by atoms with Crippen LogP contribution < -0.4 is 0 Å². The molecule has 0 amide bonds. The quantitative estimate of drug-likeness (QED) is 0.178. The number of hydrogen-bond donors (Lipinski definition) is 1. The highest BCUT2D eigenvalue weighted by Crippen LogP contribution is 2.11. The number of esters is 2. The van der Waals surface area contributed by atoms with Gasteiger partial charge in [0.2, 0.25) is 0 Å². The zero-order valence-corrected chi connectivity index (χ0v) is 19.8. The number of aliphatic hydroxyl groups is 1. The molecule has 0 unspecified atom stereocenters. The van der Waals surface area contributed by atoms with Crippen LogP contribution in [0, 0.1) is 59.2 Å². The van der Waals surface area contributed by atoms with E-state index in [4.69, 9.17) is 9.47 Å². The highest BCUT2D eigenvalue weighted by molar-refractivity contribution is 5.89. The first-order chi connectivity index (χ1) is 16.1. The van der Waals surface area contributed by atoms with Crippen molar-refractivity contribution in [2.24, 2.45) is 0 Å². The minimum atomic E-state index is -0.909. The fourth-order valence-corrected chi connectivity index (χ4v) is 2.66. The average Bonchev–Trinajstić information content (AvgIpc) is 2.81. The van der Waals surface area contributed by atoms with E-state index in [1.54, 1.807) is 6.92 Å². The van der Waals surface area contributed by atoms with Crippen LogP contribution >= 0.6 is 0 Å². The Morgan fingerprint density at radius 3 is 1.82 bits per heavy atom. The number of rotatable bonds is 15. The normalized spacial score (nSPS) is 9.55. The van der Waals surface area contributed by atoms with Gasteiger partial charge in [0.15, 0.2) is 6.10 Å². The predicted octanol–water partition coefficient (Wildman–Crippen LogP) is 3.78. The molecule has 5 nitrogen and oxygen atoms in total. The summed E-state index contributed by atoms with van der Waals surface area (Å²) in [6.45, 7) is 3.18. The Labute approximate surface area is 199 Å². The summed E-state index contributed by atoms with van der Waals surface area (Å²) in [5.41, 5.74) is 0. The molecule has 0 aromatic heterocycles. The van der Waals surface area contributed by atoms with E-state index in [2.05, 4.69) is 66.1 Å². The third kappa shape index (κ3) is 21.7. The smallest absolute Gasteiger partial charge is 0.385 e. The van der Waals surface area contributed by atoms with Crippen molar-refractivity contribution in [3.05, 3.63) is 0 Å². The lowest BCUT2D eigenvalue weighted by Gasteiger charge is -2.14. The van der Waals surface area contributed by atoms with Crippen molar-refractivity contribution in [1.82, 2.24) is 0 Å². The van der Waals surface area contributed by atoms with Crippen LogP contribution in [0.2, 0.25) is 0 Å². The largest absolute Gasteiger partial charge is 0.456 e. The van der Waals surface area contributed by atoms with E-state index in [0.717, 1.165) is 19.3 Å². The van der Waals surface area contributed by atoms with Crippen LogP contribution in [0.15, 0.2) is 0 Å². The second-order valence-corrected chi connectivity index (χ2v) is 7.20. The number of carbonyl (C=O) groups excluding carboxylic acids is 2. The van der Waals surface area contributed by atoms with Gasteiger partial charge in [-0.1, -0.05) is 70.6 Å². The van der Waals surface area contributed by atoms with Crippen LogP contribution in [0.25, 0.3) is 0 Å². The monoisotopic (exact) mass is 450 g/mol. The molecular formula is C28H34O5. The second kappa shape index (κ2) is 23.4. The van der Waals surface area contributed by atoms with Crippen LogP contribution in [-0.4, -0.2) is 36.4 Å². The highest BCUT2D eigenvalue weighted by Gasteiger charge is 2.15. The molecule has 0 saturated heterocycles. The van der Waals surface area contributed by atoms with E-state index < -0.39 is 24.6 Å². The number of unbranched alkanes of at least 4 members (excludes halogenated alkanes) is 9. The zero-order chi connectivity index (χ0) is 24.4. The number of carbonyl (C=O) groups is 2. The molecule has 1 N–H and O–H groups in total. The summed E-state index contributed by atoms with van der Waals surface area (Å²) in [5, 5.41) is 9.32. The zero-order valence-electron chi connectivity index (χ0n) is 19.8. The van der Waals surface area contributed by atoms with Crippen LogP contribution in [0.5, 0.6) is 0 Å². The predicted molar refractivity (Wildman–Crippen MR) is 129 cm³/mol. The maximum atomic E-state index is 11.9. The van der Waals surface area contributed by atoms with Gasteiger partial charge in [-0.3, -0.25) is 4.79 Å². The Hall–Kier alpha value is -3.30. The molecule has 0 aromatic rings. The molecule has 33 heavy (non-hydrogen) atoms. The van der Waals surface area contributed by atoms with Crippen molar-refractivity contribution in [3.8, 4) is 59.2 Å². The minimum Gasteiger partial charge on any atom is -0.456 e. The number of ether oxygens (including phenoxy) is 2. The van der Waals surface area contributed by atoms with Gasteiger partial charge in [0.25, 0.3) is 0 Å². The summed E-state index contributed by atoms with van der Waals surface area (Å²) in [4.78, 5) is 23.5. The van der Waals surface area contributed by atoms with Crippen LogP contribution in [0.1, 0.15) is 84.5 Å². The second-order valence-electron chi connectivity index (χ2n) is 7.20. The number of hydrogen-bond acceptors (Lipinski definition) is 5. The van der Waals surface area contributed by atoms with Crippen molar-refractivity contribution in [2.75, 3.05) is 13.2 Å². The Bertz CT molecular complexity index is 875. The van der Waals surface area contributed by atoms with E-state index in [1.807, 2.05) is 0 Å². The maximum absolute atomic E-state index is 11.9. The first-order valence-electron chi connectivity index (χ1n) is 11.5. The topological polar surface area (TPSA) is 72.8 Å². The molecule has 176 valence electrons. The molecule has 0 rings (SSSR count). The molecule has 0 aliphatic rings. The highest BCUT2D eigenvalue weighted by atomic mass is 16.6. The summed E-state index contributed by atoms with van der Waals surface area (Å²) in [7, 11) is 0. The van der Waals surface area contributed by atoms with E-state index in [9.17, 15) is 14.7 Å². The first kappa shape index (κ1) is 29.7. The van der Waals surface area contributed by atoms with E-state index in [-0.39, 0.29) is 13.0 Å². The summed E-state index contributed by atoms with van der Waals surface area (Å²) in [6.07, 6.45) is 11.2. The lowest BCUT2D eigenvalue weighted by Crippen LogP contribution is -2.28. The maximum Gasteiger partial charge on any atom is 0.385 e. The molecule has 5 heteroatoms. The Kier molecular flexibility index (Phi) is 21.0. The molecule has 0 bridgehead atoms. The Morgan fingerprint density at radius 2 is 1.27 bits per heavy atom. The fourth-order valence-electron chi connectivity index (χ4n) is 2.66. The lowest BCUT2D eigenvalue weighted by molar-refractivity contribution is -0.159. The molecule has 0 spiro atoms. The van der Waals surface area contributed by atoms with E-state index in [1.165, 1.54) is 44.9 Å². The van der Waals surface area contributed by atoms with Gasteiger partial charge in [0.05, 0.1) is 6.61 Å². The van der Waals surface area contributed by atoms with Gasteiger partial charge >= 0.3 is 11.9 Å². The van der Waals surface area contributed by atoms with Gasteiger partial charge < -0.3 is 14.6 Å². The van der Waals surface area contributed by atoms with Crippen molar-refractivity contribution < 1.29 is 24.2 Å². The molecule has 0 aliphatic carbocycles. The molecule has 0 saturated carbocycles. The summed E-state index contributed by atoms with van der Waals surface area (Å²) in [6, 6.07) is 0. The average molecular weight is 451 g/mol.